The highest BCUT2D eigenvalue weighted by atomic mass is 79.9. The predicted molar refractivity (Wildman–Crippen MR) is 162 cm³/mol. The summed E-state index contributed by atoms with van der Waals surface area (Å²) in [6.07, 6.45) is 2.88. The molecular weight excluding hydrogens is 598 g/mol. The number of rotatable bonds is 7. The van der Waals surface area contributed by atoms with E-state index in [9.17, 15) is 8.42 Å². The zero-order valence-electron chi connectivity index (χ0n) is 21.8. The largest absolute Gasteiger partial charge is 0.494 e. The standard InChI is InChI=1S/C28H28BrN5O3S2/c1-17-14-22(18(2)33(17)20-9-7-8-19(29)15-20)27-26(24-10-5-6-13-30-24)31-28(38)34(27)21-11-12-23(25(16-21)37-3)32-39(4,35)36/h5-16,26-27,32H,1-4H3,(H,31,38)/t26-,27-/m1/s1. The molecule has 202 valence electrons. The average molecular weight is 627 g/mol. The third kappa shape index (κ3) is 5.39. The van der Waals surface area contributed by atoms with E-state index in [1.807, 2.05) is 36.4 Å². The van der Waals surface area contributed by atoms with Gasteiger partial charge in [-0.05, 0) is 80.2 Å². The Morgan fingerprint density at radius 1 is 1.05 bits per heavy atom. The molecule has 1 saturated heterocycles. The third-order valence-electron chi connectivity index (χ3n) is 6.71. The molecule has 3 heterocycles. The smallest absolute Gasteiger partial charge is 0.229 e. The van der Waals surface area contributed by atoms with Gasteiger partial charge in [0.15, 0.2) is 5.11 Å². The fourth-order valence-electron chi connectivity index (χ4n) is 5.16. The first-order valence-electron chi connectivity index (χ1n) is 12.2. The van der Waals surface area contributed by atoms with Gasteiger partial charge in [0.1, 0.15) is 5.75 Å². The molecule has 2 aromatic heterocycles. The zero-order valence-corrected chi connectivity index (χ0v) is 25.1. The van der Waals surface area contributed by atoms with Gasteiger partial charge >= 0.3 is 0 Å². The van der Waals surface area contributed by atoms with E-state index in [1.165, 1.54) is 7.11 Å². The minimum absolute atomic E-state index is 0.227. The van der Waals surface area contributed by atoms with Crippen LogP contribution in [-0.4, -0.2) is 36.4 Å². The number of sulfonamides is 1. The van der Waals surface area contributed by atoms with Crippen LogP contribution in [0.15, 0.2) is 77.4 Å². The van der Waals surface area contributed by atoms with Crippen LogP contribution in [0.3, 0.4) is 0 Å². The maximum atomic E-state index is 11.9. The minimum atomic E-state index is -3.48. The molecular formula is C28H28BrN5O3S2. The van der Waals surface area contributed by atoms with E-state index >= 15 is 0 Å². The van der Waals surface area contributed by atoms with Crippen molar-refractivity contribution < 1.29 is 13.2 Å². The lowest BCUT2D eigenvalue weighted by molar-refractivity contribution is 0.417. The van der Waals surface area contributed by atoms with Crippen molar-refractivity contribution in [3.05, 3.63) is 100 Å². The second-order valence-corrected chi connectivity index (χ2v) is 12.4. The highest BCUT2D eigenvalue weighted by molar-refractivity contribution is 9.10. The molecule has 0 aliphatic carbocycles. The van der Waals surface area contributed by atoms with Crippen LogP contribution in [0, 0.1) is 13.8 Å². The molecule has 0 unspecified atom stereocenters. The van der Waals surface area contributed by atoms with Crippen molar-refractivity contribution in [2.24, 2.45) is 0 Å². The molecule has 1 aliphatic rings. The highest BCUT2D eigenvalue weighted by Gasteiger charge is 2.42. The second-order valence-electron chi connectivity index (χ2n) is 9.40. The van der Waals surface area contributed by atoms with Crippen LogP contribution < -0.4 is 19.7 Å². The molecule has 5 rings (SSSR count). The summed E-state index contributed by atoms with van der Waals surface area (Å²) >= 11 is 9.49. The summed E-state index contributed by atoms with van der Waals surface area (Å²) in [6, 6.07) is 21.1. The van der Waals surface area contributed by atoms with Gasteiger partial charge in [-0.15, -0.1) is 0 Å². The first-order valence-corrected chi connectivity index (χ1v) is 15.3. The van der Waals surface area contributed by atoms with Gasteiger partial charge < -0.3 is 19.5 Å². The number of aryl methyl sites for hydroxylation is 1. The summed E-state index contributed by atoms with van der Waals surface area (Å²) in [5.74, 6) is 0.389. The van der Waals surface area contributed by atoms with Crippen molar-refractivity contribution in [2.45, 2.75) is 25.9 Å². The lowest BCUT2D eigenvalue weighted by Gasteiger charge is -2.29. The Kier molecular flexibility index (Phi) is 7.41. The van der Waals surface area contributed by atoms with Gasteiger partial charge in [0.25, 0.3) is 0 Å². The van der Waals surface area contributed by atoms with E-state index in [0.717, 1.165) is 44.7 Å². The number of benzene rings is 2. The summed E-state index contributed by atoms with van der Waals surface area (Å²) in [6.45, 7) is 4.20. The SMILES string of the molecule is COc1cc(N2C(=S)N[C@H](c3ccccn3)[C@H]2c2cc(C)n(-c3cccc(Br)c3)c2C)ccc1NS(C)(=O)=O. The number of nitrogens with one attached hydrogen (secondary N) is 2. The number of hydrogen-bond acceptors (Lipinski definition) is 5. The third-order valence-corrected chi connectivity index (χ3v) is 8.11. The molecule has 0 saturated carbocycles. The summed E-state index contributed by atoms with van der Waals surface area (Å²) in [5, 5.41) is 4.02. The Morgan fingerprint density at radius 2 is 1.85 bits per heavy atom. The Bertz CT molecular complexity index is 1660. The molecule has 1 aliphatic heterocycles. The molecule has 0 spiro atoms. The van der Waals surface area contributed by atoms with Gasteiger partial charge in [0.05, 0.1) is 36.8 Å². The fraction of sp³-hybridized carbons (Fsp3) is 0.214. The van der Waals surface area contributed by atoms with Gasteiger partial charge in [0.2, 0.25) is 10.0 Å². The number of halogens is 1. The van der Waals surface area contributed by atoms with Crippen LogP contribution in [0.5, 0.6) is 5.75 Å². The number of methoxy groups -OCH3 is 1. The molecule has 4 aromatic rings. The normalized spacial score (nSPS) is 17.3. The molecule has 39 heavy (non-hydrogen) atoms. The monoisotopic (exact) mass is 625 g/mol. The number of thiocarbonyl (C=S) groups is 1. The molecule has 0 amide bonds. The van der Waals surface area contributed by atoms with Crippen molar-refractivity contribution in [3.63, 3.8) is 0 Å². The van der Waals surface area contributed by atoms with Crippen LogP contribution in [0.25, 0.3) is 5.69 Å². The Labute approximate surface area is 242 Å². The van der Waals surface area contributed by atoms with Gasteiger partial charge in [-0.1, -0.05) is 28.1 Å². The average Bonchev–Trinajstić information content (AvgIpc) is 3.38. The van der Waals surface area contributed by atoms with Crippen molar-refractivity contribution >= 4 is 54.7 Å². The van der Waals surface area contributed by atoms with Crippen LogP contribution >= 0.6 is 28.1 Å². The topological polar surface area (TPSA) is 88.5 Å². The quantitative estimate of drug-likeness (QED) is 0.251. The van der Waals surface area contributed by atoms with E-state index in [-0.39, 0.29) is 12.1 Å². The minimum Gasteiger partial charge on any atom is -0.494 e. The number of nitrogens with zero attached hydrogens (tertiary/aromatic N) is 3. The molecule has 0 radical (unpaired) electrons. The number of pyridine rings is 1. The molecule has 8 nitrogen and oxygen atoms in total. The van der Waals surface area contributed by atoms with Gasteiger partial charge in [-0.2, -0.15) is 0 Å². The van der Waals surface area contributed by atoms with E-state index in [0.29, 0.717) is 16.5 Å². The van der Waals surface area contributed by atoms with Crippen LogP contribution in [0.4, 0.5) is 11.4 Å². The van der Waals surface area contributed by atoms with E-state index < -0.39 is 10.0 Å². The molecule has 2 atom stereocenters. The van der Waals surface area contributed by atoms with Crippen molar-refractivity contribution in [1.82, 2.24) is 14.9 Å². The molecule has 2 N–H and O–H groups in total. The Hall–Kier alpha value is -3.41. The number of ether oxygens (including phenoxy) is 1. The van der Waals surface area contributed by atoms with Gasteiger partial charge in [0, 0.05) is 39.5 Å². The molecule has 1 fully saturated rings. The lowest BCUT2D eigenvalue weighted by atomic mass is 9.96. The van der Waals surface area contributed by atoms with E-state index in [1.54, 1.807) is 18.3 Å². The molecule has 2 aromatic carbocycles. The zero-order chi connectivity index (χ0) is 27.9. The van der Waals surface area contributed by atoms with Gasteiger partial charge in [-0.25, -0.2) is 8.42 Å². The van der Waals surface area contributed by atoms with Crippen LogP contribution in [0.1, 0.15) is 34.7 Å². The lowest BCUT2D eigenvalue weighted by Crippen LogP contribution is -2.29. The summed E-state index contributed by atoms with van der Waals surface area (Å²) < 4.78 is 35.1. The van der Waals surface area contributed by atoms with Crippen molar-refractivity contribution in [3.8, 4) is 11.4 Å². The Morgan fingerprint density at radius 3 is 2.51 bits per heavy atom. The number of hydrogen-bond donors (Lipinski definition) is 2. The highest BCUT2D eigenvalue weighted by Crippen LogP contribution is 2.45. The van der Waals surface area contributed by atoms with Gasteiger partial charge in [-0.3, -0.25) is 9.71 Å². The summed E-state index contributed by atoms with van der Waals surface area (Å²) in [5.41, 5.74) is 6.29. The Balaban J connectivity index is 1.67. The van der Waals surface area contributed by atoms with E-state index in [2.05, 4.69) is 72.5 Å². The second kappa shape index (κ2) is 10.6. The molecule has 0 bridgehead atoms. The van der Waals surface area contributed by atoms with E-state index in [4.69, 9.17) is 17.0 Å². The van der Waals surface area contributed by atoms with Crippen LogP contribution in [0.2, 0.25) is 0 Å². The predicted octanol–water partition coefficient (Wildman–Crippen LogP) is 5.81. The summed E-state index contributed by atoms with van der Waals surface area (Å²) in [7, 11) is -1.98. The number of aromatic nitrogens is 2. The molecule has 11 heteroatoms. The van der Waals surface area contributed by atoms with Crippen LogP contribution in [-0.2, 0) is 10.0 Å². The first-order chi connectivity index (χ1) is 18.6. The first kappa shape index (κ1) is 27.2. The van der Waals surface area contributed by atoms with Crippen molar-refractivity contribution in [2.75, 3.05) is 23.0 Å². The number of anilines is 2. The maximum Gasteiger partial charge on any atom is 0.229 e. The maximum absolute atomic E-state index is 11.9. The summed E-state index contributed by atoms with van der Waals surface area (Å²) in [4.78, 5) is 6.70. The fourth-order valence-corrected chi connectivity index (χ4v) is 6.46. The van der Waals surface area contributed by atoms with Crippen molar-refractivity contribution in [1.29, 1.82) is 0 Å².